The third-order valence-electron chi connectivity index (χ3n) is 4.73. The number of aliphatic hydroxyl groups excluding tert-OH is 1. The van der Waals surface area contributed by atoms with Gasteiger partial charge in [0.25, 0.3) is 0 Å². The molecule has 1 aliphatic heterocycles. The highest BCUT2D eigenvalue weighted by atomic mass is 16.5. The number of esters is 1. The van der Waals surface area contributed by atoms with E-state index in [1.54, 1.807) is 14.0 Å². The minimum atomic E-state index is -0.544. The summed E-state index contributed by atoms with van der Waals surface area (Å²) in [6, 6.07) is 5.69. The maximum Gasteiger partial charge on any atom is 0.320 e. The van der Waals surface area contributed by atoms with Crippen LogP contribution in [0.2, 0.25) is 0 Å². The van der Waals surface area contributed by atoms with Crippen molar-refractivity contribution in [2.75, 3.05) is 53.6 Å². The van der Waals surface area contributed by atoms with Crippen molar-refractivity contribution in [2.24, 2.45) is 0 Å². The van der Waals surface area contributed by atoms with E-state index in [1.807, 2.05) is 30.1 Å². The van der Waals surface area contributed by atoms with Crippen LogP contribution in [0.4, 0.5) is 0 Å². The van der Waals surface area contributed by atoms with Crippen LogP contribution in [-0.2, 0) is 16.1 Å². The zero-order valence-corrected chi connectivity index (χ0v) is 17.4. The molecule has 28 heavy (non-hydrogen) atoms. The standard InChI is InChI=1S/C21H34N2O5/c1-4-27-21(25)15-22(2)13-17-8-9-19(26-3)20(12-17)28-16-18(24)14-23-10-6-5-7-11-23/h8-9,12,18,24H,4-7,10-11,13-16H2,1-3H3. The number of likely N-dealkylation sites (N-methyl/N-ethyl adjacent to an activating group) is 1. The number of nitrogens with zero attached hydrogens (tertiary/aromatic N) is 2. The van der Waals surface area contributed by atoms with E-state index in [0.29, 0.717) is 31.2 Å². The molecule has 1 aromatic rings. The van der Waals surface area contributed by atoms with E-state index < -0.39 is 6.10 Å². The molecule has 1 heterocycles. The number of piperidine rings is 1. The van der Waals surface area contributed by atoms with Crippen LogP contribution in [0, 0.1) is 0 Å². The number of likely N-dealkylation sites (tertiary alicyclic amines) is 1. The Morgan fingerprint density at radius 3 is 2.68 bits per heavy atom. The Kier molecular flexibility index (Phi) is 9.54. The van der Waals surface area contributed by atoms with Crippen LogP contribution in [0.5, 0.6) is 11.5 Å². The van der Waals surface area contributed by atoms with Gasteiger partial charge < -0.3 is 24.2 Å². The number of hydrogen-bond acceptors (Lipinski definition) is 7. The summed E-state index contributed by atoms with van der Waals surface area (Å²) in [4.78, 5) is 15.8. The maximum absolute atomic E-state index is 11.6. The van der Waals surface area contributed by atoms with Crippen molar-refractivity contribution < 1.29 is 24.1 Å². The molecule has 7 heteroatoms. The topological polar surface area (TPSA) is 71.5 Å². The first kappa shape index (κ1) is 22.5. The second-order valence-electron chi connectivity index (χ2n) is 7.29. The number of ether oxygens (including phenoxy) is 3. The number of hydrogen-bond donors (Lipinski definition) is 1. The highest BCUT2D eigenvalue weighted by Gasteiger charge is 2.16. The smallest absolute Gasteiger partial charge is 0.320 e. The van der Waals surface area contributed by atoms with E-state index in [2.05, 4.69) is 4.90 Å². The molecule has 0 amide bonds. The Hall–Kier alpha value is -1.83. The molecule has 1 aromatic carbocycles. The minimum absolute atomic E-state index is 0.217. The largest absolute Gasteiger partial charge is 0.493 e. The molecule has 0 spiro atoms. The molecule has 1 N–H and O–H groups in total. The van der Waals surface area contributed by atoms with Gasteiger partial charge in [-0.15, -0.1) is 0 Å². The summed E-state index contributed by atoms with van der Waals surface area (Å²) in [6.07, 6.45) is 3.13. The van der Waals surface area contributed by atoms with E-state index in [0.717, 1.165) is 18.7 Å². The summed E-state index contributed by atoms with van der Waals surface area (Å²) >= 11 is 0. The maximum atomic E-state index is 11.6. The highest BCUT2D eigenvalue weighted by molar-refractivity contribution is 5.71. The normalized spacial score (nSPS) is 16.0. The lowest BCUT2D eigenvalue weighted by Crippen LogP contribution is -2.38. The summed E-state index contributed by atoms with van der Waals surface area (Å²) in [5.74, 6) is 0.986. The van der Waals surface area contributed by atoms with Crippen molar-refractivity contribution >= 4 is 5.97 Å². The molecule has 0 aliphatic carbocycles. The van der Waals surface area contributed by atoms with Gasteiger partial charge in [-0.1, -0.05) is 12.5 Å². The quantitative estimate of drug-likeness (QED) is 0.575. The van der Waals surface area contributed by atoms with E-state index in [-0.39, 0.29) is 19.1 Å². The lowest BCUT2D eigenvalue weighted by molar-refractivity contribution is -0.144. The fourth-order valence-corrected chi connectivity index (χ4v) is 3.41. The minimum Gasteiger partial charge on any atom is -0.493 e. The predicted molar refractivity (Wildman–Crippen MR) is 108 cm³/mol. The van der Waals surface area contributed by atoms with Crippen molar-refractivity contribution in [3.8, 4) is 11.5 Å². The van der Waals surface area contributed by atoms with Crippen LogP contribution in [0.25, 0.3) is 0 Å². The average molecular weight is 395 g/mol. The first-order valence-corrected chi connectivity index (χ1v) is 10.1. The van der Waals surface area contributed by atoms with Crippen molar-refractivity contribution in [1.82, 2.24) is 9.80 Å². The van der Waals surface area contributed by atoms with Gasteiger partial charge in [0.1, 0.15) is 12.7 Å². The predicted octanol–water partition coefficient (Wildman–Crippen LogP) is 1.92. The molecule has 0 aromatic heterocycles. The van der Waals surface area contributed by atoms with E-state index in [1.165, 1.54) is 19.3 Å². The van der Waals surface area contributed by atoms with Gasteiger partial charge in [-0.3, -0.25) is 9.69 Å². The molecular weight excluding hydrogens is 360 g/mol. The highest BCUT2D eigenvalue weighted by Crippen LogP contribution is 2.28. The molecule has 0 radical (unpaired) electrons. The number of β-amino-alcohol motifs (C(OH)–C–C–N with tert-alkyl or cyclic N) is 1. The summed E-state index contributed by atoms with van der Waals surface area (Å²) in [7, 11) is 3.46. The lowest BCUT2D eigenvalue weighted by Gasteiger charge is -2.28. The van der Waals surface area contributed by atoms with Gasteiger partial charge in [-0.25, -0.2) is 0 Å². The van der Waals surface area contributed by atoms with Gasteiger partial charge in [0, 0.05) is 13.1 Å². The second-order valence-corrected chi connectivity index (χ2v) is 7.29. The van der Waals surface area contributed by atoms with Crippen LogP contribution in [0.15, 0.2) is 18.2 Å². The molecule has 1 fully saturated rings. The first-order valence-electron chi connectivity index (χ1n) is 10.1. The summed E-state index contributed by atoms with van der Waals surface area (Å²) in [5, 5.41) is 10.3. The van der Waals surface area contributed by atoms with Gasteiger partial charge >= 0.3 is 5.97 Å². The van der Waals surface area contributed by atoms with Crippen LogP contribution < -0.4 is 9.47 Å². The monoisotopic (exact) mass is 394 g/mol. The summed E-state index contributed by atoms with van der Waals surface area (Å²) < 4.78 is 16.2. The van der Waals surface area contributed by atoms with E-state index >= 15 is 0 Å². The number of carbonyl (C=O) groups is 1. The van der Waals surface area contributed by atoms with Crippen LogP contribution in [0.3, 0.4) is 0 Å². The number of aliphatic hydroxyl groups is 1. The van der Waals surface area contributed by atoms with Gasteiger partial charge in [0.2, 0.25) is 0 Å². The Labute approximate surface area is 168 Å². The number of rotatable bonds is 11. The number of benzene rings is 1. The summed E-state index contributed by atoms with van der Waals surface area (Å²) in [5.41, 5.74) is 0.994. The van der Waals surface area contributed by atoms with E-state index in [4.69, 9.17) is 14.2 Å². The lowest BCUT2D eigenvalue weighted by atomic mass is 10.1. The van der Waals surface area contributed by atoms with Crippen molar-refractivity contribution in [1.29, 1.82) is 0 Å². The molecule has 1 unspecified atom stereocenters. The zero-order chi connectivity index (χ0) is 20.4. The molecule has 7 nitrogen and oxygen atoms in total. The molecule has 1 aliphatic rings. The molecule has 1 saturated heterocycles. The van der Waals surface area contributed by atoms with Gasteiger partial charge in [0.05, 0.1) is 20.3 Å². The Morgan fingerprint density at radius 1 is 1.25 bits per heavy atom. The fraction of sp³-hybridized carbons (Fsp3) is 0.667. The molecular formula is C21H34N2O5. The van der Waals surface area contributed by atoms with Crippen molar-refractivity contribution in [3.05, 3.63) is 23.8 Å². The molecule has 1 atom stereocenters. The van der Waals surface area contributed by atoms with Crippen LogP contribution >= 0.6 is 0 Å². The summed E-state index contributed by atoms with van der Waals surface area (Å²) in [6.45, 7) is 5.92. The van der Waals surface area contributed by atoms with E-state index in [9.17, 15) is 9.90 Å². The second kappa shape index (κ2) is 11.9. The number of carbonyl (C=O) groups excluding carboxylic acids is 1. The third kappa shape index (κ3) is 7.66. The SMILES string of the molecule is CCOC(=O)CN(C)Cc1ccc(OC)c(OCC(O)CN2CCCCC2)c1. The molecule has 0 saturated carbocycles. The van der Waals surface area contributed by atoms with Crippen molar-refractivity contribution in [2.45, 2.75) is 38.8 Å². The molecule has 158 valence electrons. The van der Waals surface area contributed by atoms with Gasteiger partial charge in [-0.2, -0.15) is 0 Å². The molecule has 0 bridgehead atoms. The Morgan fingerprint density at radius 2 is 2.00 bits per heavy atom. The molecule has 2 rings (SSSR count). The third-order valence-corrected chi connectivity index (χ3v) is 4.73. The zero-order valence-electron chi connectivity index (χ0n) is 17.4. The first-order chi connectivity index (χ1) is 13.5. The average Bonchev–Trinajstić information content (AvgIpc) is 2.67. The van der Waals surface area contributed by atoms with Crippen LogP contribution in [0.1, 0.15) is 31.7 Å². The van der Waals surface area contributed by atoms with Gasteiger partial charge in [0.15, 0.2) is 11.5 Å². The van der Waals surface area contributed by atoms with Crippen LogP contribution in [-0.4, -0.2) is 80.5 Å². The van der Waals surface area contributed by atoms with Crippen molar-refractivity contribution in [3.63, 3.8) is 0 Å². The number of methoxy groups -OCH3 is 1. The Bertz CT molecular complexity index is 604. The van der Waals surface area contributed by atoms with Gasteiger partial charge in [-0.05, 0) is 57.6 Å². The Balaban J connectivity index is 1.89. The fourth-order valence-electron chi connectivity index (χ4n) is 3.41.